The fraction of sp³-hybridized carbons (Fsp3) is 0.217. The number of carbonyl (C=O) groups is 2. The molecule has 30 heavy (non-hydrogen) atoms. The number of methoxy groups -OCH3 is 1. The van der Waals surface area contributed by atoms with Crippen molar-refractivity contribution < 1.29 is 18.7 Å². The van der Waals surface area contributed by atoms with Crippen molar-refractivity contribution in [2.45, 2.75) is 25.2 Å². The van der Waals surface area contributed by atoms with Gasteiger partial charge in [0.25, 0.3) is 5.91 Å². The number of hydrogen-bond acceptors (Lipinski definition) is 4. The summed E-state index contributed by atoms with van der Waals surface area (Å²) in [6.07, 6.45) is 2.36. The summed E-state index contributed by atoms with van der Waals surface area (Å²) < 4.78 is 19.1. The summed E-state index contributed by atoms with van der Waals surface area (Å²) in [6, 6.07) is 14.3. The van der Waals surface area contributed by atoms with E-state index in [1.54, 1.807) is 0 Å². The number of fused-ring (bicyclic) bond motifs is 1. The number of halogens is 2. The number of carbonyl (C=O) groups excluding carboxylic acids is 2. The zero-order valence-electron chi connectivity index (χ0n) is 16.2. The second kappa shape index (κ2) is 8.58. The number of esters is 1. The maximum absolute atomic E-state index is 14.2. The Bertz CT molecular complexity index is 1090. The molecule has 0 saturated heterocycles. The monoisotopic (exact) mass is 443 g/mol. The zero-order valence-corrected chi connectivity index (χ0v) is 17.8. The number of nitrogens with one attached hydrogen (secondary N) is 1. The number of amides is 1. The Hall–Kier alpha value is -2.70. The quantitative estimate of drug-likeness (QED) is 0.514. The van der Waals surface area contributed by atoms with Crippen LogP contribution in [0.4, 0.5) is 9.39 Å². The normalized spacial score (nSPS) is 15.4. The molecule has 1 aliphatic rings. The van der Waals surface area contributed by atoms with Crippen LogP contribution >= 0.6 is 22.9 Å². The van der Waals surface area contributed by atoms with Gasteiger partial charge in [-0.1, -0.05) is 48.0 Å². The molecule has 1 amide bonds. The predicted octanol–water partition coefficient (Wildman–Crippen LogP) is 5.85. The van der Waals surface area contributed by atoms with Gasteiger partial charge in [0, 0.05) is 4.88 Å². The van der Waals surface area contributed by atoms with E-state index in [9.17, 15) is 14.0 Å². The molecule has 3 aromatic rings. The van der Waals surface area contributed by atoms with E-state index < -0.39 is 17.7 Å². The minimum atomic E-state index is -0.718. The van der Waals surface area contributed by atoms with Crippen molar-refractivity contribution in [2.24, 2.45) is 0 Å². The number of rotatable bonds is 4. The highest BCUT2D eigenvalue weighted by Crippen LogP contribution is 2.43. The largest absolute Gasteiger partial charge is 0.465 e. The van der Waals surface area contributed by atoms with Crippen LogP contribution < -0.4 is 5.32 Å². The van der Waals surface area contributed by atoms with Gasteiger partial charge in [0.05, 0.1) is 23.3 Å². The molecule has 0 bridgehead atoms. The van der Waals surface area contributed by atoms with Gasteiger partial charge in [-0.05, 0) is 48.4 Å². The standard InChI is InChI=1S/C23H19ClFNO3S/c1-29-23(28)19-15-11-10-14(13-6-3-2-4-7-13)12-18(15)30-22(19)26-21(27)20-16(24)8-5-9-17(20)25/h2-9,14H,10-12H2,1H3,(H,26,27). The van der Waals surface area contributed by atoms with E-state index in [0.29, 0.717) is 22.9 Å². The first-order chi connectivity index (χ1) is 14.5. The molecule has 154 valence electrons. The Kier molecular flexibility index (Phi) is 5.88. The Morgan fingerprint density at radius 1 is 1.13 bits per heavy atom. The fourth-order valence-electron chi connectivity index (χ4n) is 3.88. The highest BCUT2D eigenvalue weighted by molar-refractivity contribution is 7.17. The third-order valence-corrected chi connectivity index (χ3v) is 6.83. The molecule has 0 fully saturated rings. The number of thiophene rings is 1. The number of hydrogen-bond donors (Lipinski definition) is 1. The van der Waals surface area contributed by atoms with Crippen LogP contribution in [-0.2, 0) is 17.6 Å². The van der Waals surface area contributed by atoms with E-state index in [-0.39, 0.29) is 10.6 Å². The summed E-state index contributed by atoms with van der Waals surface area (Å²) in [6.45, 7) is 0. The summed E-state index contributed by atoms with van der Waals surface area (Å²) in [7, 11) is 1.31. The zero-order chi connectivity index (χ0) is 21.3. The average molecular weight is 444 g/mol. The van der Waals surface area contributed by atoms with Crippen molar-refractivity contribution in [3.63, 3.8) is 0 Å². The summed E-state index contributed by atoms with van der Waals surface area (Å²) in [5.41, 5.74) is 2.25. The number of anilines is 1. The van der Waals surface area contributed by atoms with Gasteiger partial charge in [-0.2, -0.15) is 0 Å². The highest BCUT2D eigenvalue weighted by Gasteiger charge is 2.31. The van der Waals surface area contributed by atoms with Crippen LogP contribution in [0.2, 0.25) is 5.02 Å². The van der Waals surface area contributed by atoms with E-state index in [1.807, 2.05) is 18.2 Å². The second-order valence-corrected chi connectivity index (χ2v) is 8.61. The van der Waals surface area contributed by atoms with Crippen molar-refractivity contribution in [2.75, 3.05) is 12.4 Å². The van der Waals surface area contributed by atoms with Crippen LogP contribution in [-0.4, -0.2) is 19.0 Å². The van der Waals surface area contributed by atoms with E-state index in [1.165, 1.54) is 42.2 Å². The van der Waals surface area contributed by atoms with Crippen molar-refractivity contribution in [1.29, 1.82) is 0 Å². The van der Waals surface area contributed by atoms with Crippen LogP contribution in [0.5, 0.6) is 0 Å². The Morgan fingerprint density at radius 3 is 2.60 bits per heavy atom. The average Bonchev–Trinajstić information content (AvgIpc) is 3.10. The number of benzene rings is 2. The summed E-state index contributed by atoms with van der Waals surface area (Å²) in [5.74, 6) is -1.58. The first-order valence-electron chi connectivity index (χ1n) is 9.52. The molecule has 1 unspecified atom stereocenters. The second-order valence-electron chi connectivity index (χ2n) is 7.10. The van der Waals surface area contributed by atoms with Crippen LogP contribution in [0, 0.1) is 5.82 Å². The molecular formula is C23H19ClFNO3S. The maximum atomic E-state index is 14.2. The smallest absolute Gasteiger partial charge is 0.341 e. The molecular weight excluding hydrogens is 425 g/mol. The van der Waals surface area contributed by atoms with Gasteiger partial charge in [0.2, 0.25) is 0 Å². The maximum Gasteiger partial charge on any atom is 0.341 e. The third-order valence-electron chi connectivity index (χ3n) is 5.34. The molecule has 4 rings (SSSR count). The molecule has 0 saturated carbocycles. The van der Waals surface area contributed by atoms with E-state index in [2.05, 4.69) is 17.4 Å². The van der Waals surface area contributed by atoms with Gasteiger partial charge in [-0.3, -0.25) is 4.79 Å². The van der Waals surface area contributed by atoms with Crippen molar-refractivity contribution in [3.8, 4) is 0 Å². The molecule has 1 heterocycles. The van der Waals surface area contributed by atoms with Crippen molar-refractivity contribution >= 4 is 39.8 Å². The first-order valence-corrected chi connectivity index (χ1v) is 10.7. The summed E-state index contributed by atoms with van der Waals surface area (Å²) in [4.78, 5) is 26.3. The Morgan fingerprint density at radius 2 is 1.90 bits per heavy atom. The molecule has 4 nitrogen and oxygen atoms in total. The van der Waals surface area contributed by atoms with Gasteiger partial charge >= 0.3 is 5.97 Å². The Labute approximate surface area is 182 Å². The Balaban J connectivity index is 1.68. The van der Waals surface area contributed by atoms with Crippen molar-refractivity contribution in [3.05, 3.63) is 86.5 Å². The van der Waals surface area contributed by atoms with Crippen molar-refractivity contribution in [1.82, 2.24) is 0 Å². The lowest BCUT2D eigenvalue weighted by Gasteiger charge is -2.22. The highest BCUT2D eigenvalue weighted by atomic mass is 35.5. The van der Waals surface area contributed by atoms with Crippen LogP contribution in [0.25, 0.3) is 0 Å². The summed E-state index contributed by atoms with van der Waals surface area (Å²) >= 11 is 7.36. The van der Waals surface area contributed by atoms with Crippen LogP contribution in [0.3, 0.4) is 0 Å². The van der Waals surface area contributed by atoms with E-state index >= 15 is 0 Å². The van der Waals surface area contributed by atoms with Gasteiger partial charge in [0.15, 0.2) is 0 Å². The summed E-state index contributed by atoms with van der Waals surface area (Å²) in [5, 5.41) is 3.07. The molecule has 0 radical (unpaired) electrons. The molecule has 7 heteroatoms. The van der Waals surface area contributed by atoms with Gasteiger partial charge < -0.3 is 10.1 Å². The lowest BCUT2D eigenvalue weighted by Crippen LogP contribution is -2.17. The van der Waals surface area contributed by atoms with E-state index in [0.717, 1.165) is 23.3 Å². The SMILES string of the molecule is COC(=O)c1c(NC(=O)c2c(F)cccc2Cl)sc2c1CCC(c1ccccc1)C2. The third kappa shape index (κ3) is 3.85. The van der Waals surface area contributed by atoms with Crippen LogP contribution in [0.1, 0.15) is 49.1 Å². The molecule has 2 aromatic carbocycles. The lowest BCUT2D eigenvalue weighted by molar-refractivity contribution is 0.0601. The van der Waals surface area contributed by atoms with Gasteiger partial charge in [-0.15, -0.1) is 11.3 Å². The molecule has 1 N–H and O–H groups in total. The van der Waals surface area contributed by atoms with Gasteiger partial charge in [0.1, 0.15) is 10.8 Å². The molecule has 1 aliphatic carbocycles. The molecule has 0 spiro atoms. The minimum absolute atomic E-state index is 0.0116. The van der Waals surface area contributed by atoms with Gasteiger partial charge in [-0.25, -0.2) is 9.18 Å². The van der Waals surface area contributed by atoms with Crippen LogP contribution in [0.15, 0.2) is 48.5 Å². The lowest BCUT2D eigenvalue weighted by atomic mass is 9.83. The van der Waals surface area contributed by atoms with E-state index in [4.69, 9.17) is 16.3 Å². The predicted molar refractivity (Wildman–Crippen MR) is 116 cm³/mol. The molecule has 1 aromatic heterocycles. The molecule has 0 aliphatic heterocycles. The topological polar surface area (TPSA) is 55.4 Å². The fourth-order valence-corrected chi connectivity index (χ4v) is 5.44. The molecule has 1 atom stereocenters. The minimum Gasteiger partial charge on any atom is -0.465 e. The number of ether oxygens (including phenoxy) is 1. The first kappa shape index (κ1) is 20.6.